The highest BCUT2D eigenvalue weighted by atomic mass is 32.2. The van der Waals surface area contributed by atoms with Gasteiger partial charge in [-0.1, -0.05) is 44.2 Å². The number of hydrogen-bond donors (Lipinski definition) is 1. The van der Waals surface area contributed by atoms with E-state index in [4.69, 9.17) is 4.98 Å². The zero-order chi connectivity index (χ0) is 22.2. The highest BCUT2D eigenvalue weighted by Gasteiger charge is 2.20. The summed E-state index contributed by atoms with van der Waals surface area (Å²) in [6.07, 6.45) is 6.85. The van der Waals surface area contributed by atoms with Gasteiger partial charge >= 0.3 is 0 Å². The molecule has 0 radical (unpaired) electrons. The van der Waals surface area contributed by atoms with Crippen molar-refractivity contribution < 1.29 is 4.79 Å². The fourth-order valence-corrected chi connectivity index (χ4v) is 5.09. The van der Waals surface area contributed by atoms with Crippen molar-refractivity contribution in [3.05, 3.63) is 34.6 Å². The molecule has 2 heterocycles. The molecule has 7 heteroatoms. The minimum absolute atomic E-state index is 0.0129. The predicted molar refractivity (Wildman–Crippen MR) is 129 cm³/mol. The molecule has 31 heavy (non-hydrogen) atoms. The lowest BCUT2D eigenvalue weighted by Gasteiger charge is -2.35. The maximum atomic E-state index is 13.2. The van der Waals surface area contributed by atoms with Gasteiger partial charge in [0.2, 0.25) is 5.91 Å². The van der Waals surface area contributed by atoms with E-state index >= 15 is 0 Å². The van der Waals surface area contributed by atoms with Crippen LogP contribution in [-0.4, -0.2) is 51.3 Å². The molecular weight excluding hydrogens is 408 g/mol. The van der Waals surface area contributed by atoms with Gasteiger partial charge in [0.05, 0.1) is 16.7 Å². The van der Waals surface area contributed by atoms with E-state index in [2.05, 4.69) is 17.1 Å². The zero-order valence-corrected chi connectivity index (χ0v) is 19.9. The molecule has 0 bridgehead atoms. The number of hydrogen-bond acceptors (Lipinski definition) is 5. The number of nitrogens with one attached hydrogen (secondary N) is 1. The number of aromatic nitrogens is 2. The number of rotatable bonds is 10. The Hall–Kier alpha value is -1.86. The largest absolute Gasteiger partial charge is 0.353 e. The molecule has 170 valence electrons. The molecule has 0 aliphatic carbocycles. The lowest BCUT2D eigenvalue weighted by molar-refractivity contribution is -0.119. The molecule has 0 saturated carbocycles. The number of para-hydroxylation sites is 1. The van der Waals surface area contributed by atoms with Gasteiger partial charge in [-0.3, -0.25) is 14.2 Å². The van der Waals surface area contributed by atoms with Gasteiger partial charge in [0.15, 0.2) is 5.16 Å². The zero-order valence-electron chi connectivity index (χ0n) is 19.1. The monoisotopic (exact) mass is 444 g/mol. The van der Waals surface area contributed by atoms with E-state index < -0.39 is 0 Å². The van der Waals surface area contributed by atoms with Gasteiger partial charge in [0.1, 0.15) is 0 Å². The van der Waals surface area contributed by atoms with Crippen LogP contribution in [0.2, 0.25) is 0 Å². The molecule has 1 aromatic carbocycles. The molecule has 6 nitrogen and oxygen atoms in total. The smallest absolute Gasteiger partial charge is 0.262 e. The third-order valence-corrected chi connectivity index (χ3v) is 7.20. The van der Waals surface area contributed by atoms with E-state index in [1.807, 2.05) is 38.1 Å². The first kappa shape index (κ1) is 23.8. The van der Waals surface area contributed by atoms with Gasteiger partial charge in [-0.15, -0.1) is 0 Å². The third kappa shape index (κ3) is 6.32. The summed E-state index contributed by atoms with van der Waals surface area (Å²) in [5.74, 6) is 0.242. The van der Waals surface area contributed by atoms with Crippen molar-refractivity contribution in [1.29, 1.82) is 0 Å². The number of carbonyl (C=O) groups excluding carboxylic acids is 1. The molecule has 3 rings (SSSR count). The molecule has 1 saturated heterocycles. The lowest BCUT2D eigenvalue weighted by atomic mass is 10.00. The van der Waals surface area contributed by atoms with Gasteiger partial charge < -0.3 is 10.2 Å². The minimum Gasteiger partial charge on any atom is -0.353 e. The topological polar surface area (TPSA) is 67.2 Å². The second-order valence-corrected chi connectivity index (χ2v) is 9.42. The molecule has 0 unspecified atom stereocenters. The fourth-order valence-electron chi connectivity index (χ4n) is 4.25. The summed E-state index contributed by atoms with van der Waals surface area (Å²) in [5, 5.41) is 4.26. The first-order valence-electron chi connectivity index (χ1n) is 11.7. The number of benzene rings is 1. The first-order valence-corrected chi connectivity index (χ1v) is 12.7. The number of carbonyl (C=O) groups is 1. The summed E-state index contributed by atoms with van der Waals surface area (Å²) in [5.41, 5.74) is 0.678. The molecule has 0 spiro atoms. The highest BCUT2D eigenvalue weighted by molar-refractivity contribution is 7.99. The SMILES string of the molecule is CC[C@H]1CCCCN1CCCn1c(SCC(=O)N[C@H](C)CC)nc2ccccc2c1=O. The normalized spacial score (nSPS) is 18.2. The average Bonchev–Trinajstić information content (AvgIpc) is 2.79. The second-order valence-electron chi connectivity index (χ2n) is 8.48. The number of piperidine rings is 1. The van der Waals surface area contributed by atoms with Crippen LogP contribution >= 0.6 is 11.8 Å². The summed E-state index contributed by atoms with van der Waals surface area (Å²) >= 11 is 1.35. The summed E-state index contributed by atoms with van der Waals surface area (Å²) in [7, 11) is 0. The highest BCUT2D eigenvalue weighted by Crippen LogP contribution is 2.21. The van der Waals surface area contributed by atoms with E-state index in [1.165, 1.54) is 37.4 Å². The third-order valence-electron chi connectivity index (χ3n) is 6.23. The molecule has 1 aliphatic rings. The van der Waals surface area contributed by atoms with Gasteiger partial charge in [-0.2, -0.15) is 0 Å². The van der Waals surface area contributed by atoms with Gasteiger partial charge in [0, 0.05) is 25.2 Å². The van der Waals surface area contributed by atoms with Crippen LogP contribution in [0.5, 0.6) is 0 Å². The summed E-state index contributed by atoms with van der Waals surface area (Å²) in [6.45, 7) is 9.08. The molecule has 2 atom stereocenters. The summed E-state index contributed by atoms with van der Waals surface area (Å²) in [4.78, 5) is 32.8. The van der Waals surface area contributed by atoms with Gasteiger partial charge in [-0.25, -0.2) is 4.98 Å². The quantitative estimate of drug-likeness (QED) is 0.442. The first-order chi connectivity index (χ1) is 15.0. The number of amides is 1. The van der Waals surface area contributed by atoms with Crippen molar-refractivity contribution in [3.63, 3.8) is 0 Å². The van der Waals surface area contributed by atoms with E-state index in [0.717, 1.165) is 25.9 Å². The Morgan fingerprint density at radius 1 is 1.26 bits per heavy atom. The summed E-state index contributed by atoms with van der Waals surface area (Å²) < 4.78 is 1.77. The van der Waals surface area contributed by atoms with Crippen molar-refractivity contribution in [3.8, 4) is 0 Å². The van der Waals surface area contributed by atoms with Crippen LogP contribution in [0.15, 0.2) is 34.2 Å². The van der Waals surface area contributed by atoms with Crippen molar-refractivity contribution in [2.24, 2.45) is 0 Å². The Kier molecular flexibility index (Phi) is 8.96. The van der Waals surface area contributed by atoms with Crippen LogP contribution in [0.1, 0.15) is 59.3 Å². The van der Waals surface area contributed by atoms with Crippen LogP contribution in [-0.2, 0) is 11.3 Å². The van der Waals surface area contributed by atoms with Gasteiger partial charge in [-0.05, 0) is 57.7 Å². The van der Waals surface area contributed by atoms with Crippen LogP contribution in [0, 0.1) is 0 Å². The van der Waals surface area contributed by atoms with Crippen LogP contribution in [0.25, 0.3) is 10.9 Å². The Morgan fingerprint density at radius 3 is 2.84 bits per heavy atom. The number of likely N-dealkylation sites (tertiary alicyclic amines) is 1. The predicted octanol–water partition coefficient (Wildman–Crippen LogP) is 4.06. The minimum atomic E-state index is -0.0209. The number of thioether (sulfide) groups is 1. The number of nitrogens with zero attached hydrogens (tertiary/aromatic N) is 3. The van der Waals surface area contributed by atoms with E-state index in [-0.39, 0.29) is 23.3 Å². The molecule has 1 amide bonds. The van der Waals surface area contributed by atoms with Crippen molar-refractivity contribution in [2.45, 2.75) is 83.1 Å². The summed E-state index contributed by atoms with van der Waals surface area (Å²) in [6, 6.07) is 8.29. The Bertz CT molecular complexity index is 929. The Labute approximate surface area is 189 Å². The molecule has 2 aromatic rings. The number of fused-ring (bicyclic) bond motifs is 1. The Balaban J connectivity index is 1.74. The molecule has 1 aromatic heterocycles. The van der Waals surface area contributed by atoms with Crippen LogP contribution < -0.4 is 10.9 Å². The molecule has 1 aliphatic heterocycles. The van der Waals surface area contributed by atoms with Crippen molar-refractivity contribution in [1.82, 2.24) is 19.8 Å². The fraction of sp³-hybridized carbons (Fsp3) is 0.625. The maximum absolute atomic E-state index is 13.2. The Morgan fingerprint density at radius 2 is 2.06 bits per heavy atom. The average molecular weight is 445 g/mol. The molecular formula is C24H36N4O2S. The maximum Gasteiger partial charge on any atom is 0.262 e. The van der Waals surface area contributed by atoms with E-state index in [1.54, 1.807) is 4.57 Å². The van der Waals surface area contributed by atoms with Gasteiger partial charge in [0.25, 0.3) is 5.56 Å². The molecule has 1 fully saturated rings. The molecule has 1 N–H and O–H groups in total. The lowest BCUT2D eigenvalue weighted by Crippen LogP contribution is -2.40. The van der Waals surface area contributed by atoms with Crippen molar-refractivity contribution >= 4 is 28.6 Å². The van der Waals surface area contributed by atoms with E-state index in [0.29, 0.717) is 28.6 Å². The van der Waals surface area contributed by atoms with Crippen LogP contribution in [0.4, 0.5) is 0 Å². The standard InChI is InChI=1S/C24H36N4O2S/c1-4-18(3)25-22(29)17-31-24-26-21-13-7-6-12-20(21)23(30)28(24)16-10-15-27-14-9-8-11-19(27)5-2/h6-7,12-13,18-19H,4-5,8-11,14-17H2,1-3H3,(H,25,29)/t18-,19+/m1/s1. The van der Waals surface area contributed by atoms with Crippen molar-refractivity contribution in [2.75, 3.05) is 18.8 Å². The van der Waals surface area contributed by atoms with E-state index in [9.17, 15) is 9.59 Å². The van der Waals surface area contributed by atoms with Crippen LogP contribution in [0.3, 0.4) is 0 Å². The second kappa shape index (κ2) is 11.7.